The predicted octanol–water partition coefficient (Wildman–Crippen LogP) is 2.12. The Hall–Kier alpha value is -2.02. The van der Waals surface area contributed by atoms with Gasteiger partial charge in [-0.15, -0.1) is 0 Å². The summed E-state index contributed by atoms with van der Waals surface area (Å²) in [5, 5.41) is 20.9. The van der Waals surface area contributed by atoms with Gasteiger partial charge in [-0.1, -0.05) is 13.0 Å². The maximum atomic E-state index is 11.8. The molecular formula is C13H16N2O2. The van der Waals surface area contributed by atoms with Crippen molar-refractivity contribution in [2.75, 3.05) is 0 Å². The molecule has 4 heteroatoms. The van der Waals surface area contributed by atoms with E-state index in [1.165, 1.54) is 6.07 Å². The van der Waals surface area contributed by atoms with Gasteiger partial charge in [-0.05, 0) is 31.0 Å². The second kappa shape index (κ2) is 5.90. The van der Waals surface area contributed by atoms with E-state index < -0.39 is 0 Å². The van der Waals surface area contributed by atoms with Gasteiger partial charge in [0, 0.05) is 11.6 Å². The molecule has 1 rings (SSSR count). The third-order valence-corrected chi connectivity index (χ3v) is 2.64. The lowest BCUT2D eigenvalue weighted by Gasteiger charge is -2.13. The topological polar surface area (TPSA) is 73.1 Å². The molecular weight excluding hydrogens is 216 g/mol. The summed E-state index contributed by atoms with van der Waals surface area (Å²) in [6.07, 6.45) is 0.997. The number of amides is 1. The van der Waals surface area contributed by atoms with Gasteiger partial charge in [0.05, 0.1) is 12.5 Å². The molecule has 0 saturated carbocycles. The number of hydrogen-bond donors (Lipinski definition) is 2. The molecule has 0 fully saturated rings. The number of hydrogen-bond acceptors (Lipinski definition) is 3. The van der Waals surface area contributed by atoms with E-state index in [9.17, 15) is 9.90 Å². The van der Waals surface area contributed by atoms with Gasteiger partial charge in [0.25, 0.3) is 5.91 Å². The number of nitrogens with zero attached hydrogens (tertiary/aromatic N) is 1. The third-order valence-electron chi connectivity index (χ3n) is 2.64. The standard InChI is InChI=1S/C13H16N2O2/c1-3-11(6-7-14)15-13(17)10-5-4-9(2)12(16)8-10/h4-5,8,11,16H,3,6H2,1-2H3,(H,15,17). The molecule has 1 aromatic rings. The van der Waals surface area contributed by atoms with Gasteiger partial charge in [-0.3, -0.25) is 4.79 Å². The monoisotopic (exact) mass is 232 g/mol. The molecule has 1 aromatic carbocycles. The molecule has 4 nitrogen and oxygen atoms in total. The summed E-state index contributed by atoms with van der Waals surface area (Å²) in [4.78, 5) is 11.8. The minimum Gasteiger partial charge on any atom is -0.508 e. The Bertz CT molecular complexity index is 449. The lowest BCUT2D eigenvalue weighted by atomic mass is 10.1. The van der Waals surface area contributed by atoms with Crippen LogP contribution in [0, 0.1) is 18.3 Å². The number of phenols is 1. The number of nitrogens with one attached hydrogen (secondary N) is 1. The van der Waals surface area contributed by atoms with Crippen LogP contribution >= 0.6 is 0 Å². The van der Waals surface area contributed by atoms with Gasteiger partial charge in [-0.25, -0.2) is 0 Å². The smallest absolute Gasteiger partial charge is 0.251 e. The molecule has 0 aromatic heterocycles. The van der Waals surface area contributed by atoms with Crippen LogP contribution in [0.3, 0.4) is 0 Å². The second-order valence-electron chi connectivity index (χ2n) is 3.94. The molecule has 0 spiro atoms. The van der Waals surface area contributed by atoms with Crippen molar-refractivity contribution in [3.05, 3.63) is 29.3 Å². The Morgan fingerprint density at radius 2 is 2.29 bits per heavy atom. The summed E-state index contributed by atoms with van der Waals surface area (Å²) in [6.45, 7) is 3.68. The summed E-state index contributed by atoms with van der Waals surface area (Å²) < 4.78 is 0. The largest absolute Gasteiger partial charge is 0.508 e. The minimum atomic E-state index is -0.262. The van der Waals surface area contributed by atoms with Gasteiger partial charge in [0.2, 0.25) is 0 Å². The Labute approximate surface area is 101 Å². The maximum absolute atomic E-state index is 11.8. The minimum absolute atomic E-state index is 0.103. The Morgan fingerprint density at radius 3 is 2.82 bits per heavy atom. The molecule has 0 radical (unpaired) electrons. The molecule has 90 valence electrons. The number of aromatic hydroxyl groups is 1. The molecule has 0 aliphatic carbocycles. The van der Waals surface area contributed by atoms with Gasteiger partial charge in [0.15, 0.2) is 0 Å². The summed E-state index contributed by atoms with van der Waals surface area (Å²) in [6, 6.07) is 6.67. The number of carbonyl (C=O) groups is 1. The highest BCUT2D eigenvalue weighted by atomic mass is 16.3. The summed E-state index contributed by atoms with van der Waals surface area (Å²) in [5.74, 6) is -0.159. The number of rotatable bonds is 4. The third kappa shape index (κ3) is 3.49. The van der Waals surface area contributed by atoms with E-state index in [4.69, 9.17) is 5.26 Å². The molecule has 1 amide bonds. The number of carbonyl (C=O) groups excluding carboxylic acids is 1. The van der Waals surface area contributed by atoms with E-state index in [1.54, 1.807) is 19.1 Å². The fourth-order valence-corrected chi connectivity index (χ4v) is 1.43. The van der Waals surface area contributed by atoms with E-state index in [0.29, 0.717) is 18.4 Å². The zero-order valence-electron chi connectivity index (χ0n) is 10.0. The Balaban J connectivity index is 2.76. The quantitative estimate of drug-likeness (QED) is 0.835. The summed E-state index contributed by atoms with van der Waals surface area (Å²) in [7, 11) is 0. The van der Waals surface area contributed by atoms with Crippen LogP contribution < -0.4 is 5.32 Å². The molecule has 2 N–H and O–H groups in total. The Kier molecular flexibility index (Phi) is 4.53. The highest BCUT2D eigenvalue weighted by molar-refractivity contribution is 5.94. The maximum Gasteiger partial charge on any atom is 0.251 e. The van der Waals surface area contributed by atoms with Crippen molar-refractivity contribution in [2.24, 2.45) is 0 Å². The van der Waals surface area contributed by atoms with Crippen LogP contribution in [0.2, 0.25) is 0 Å². The van der Waals surface area contributed by atoms with E-state index in [1.807, 2.05) is 13.0 Å². The molecule has 0 heterocycles. The molecule has 1 atom stereocenters. The van der Waals surface area contributed by atoms with Gasteiger partial charge < -0.3 is 10.4 Å². The van der Waals surface area contributed by atoms with Gasteiger partial charge in [0.1, 0.15) is 5.75 Å². The van der Waals surface area contributed by atoms with Crippen LogP contribution in [0.25, 0.3) is 0 Å². The highest BCUT2D eigenvalue weighted by Gasteiger charge is 2.12. The van der Waals surface area contributed by atoms with Crippen molar-refractivity contribution in [3.63, 3.8) is 0 Å². The normalized spacial score (nSPS) is 11.6. The molecule has 1 unspecified atom stereocenters. The number of aryl methyl sites for hydroxylation is 1. The van der Waals surface area contributed by atoms with Crippen molar-refractivity contribution in [1.29, 1.82) is 5.26 Å². The average Bonchev–Trinajstić information content (AvgIpc) is 2.31. The molecule has 0 bridgehead atoms. The molecule has 17 heavy (non-hydrogen) atoms. The van der Waals surface area contributed by atoms with Crippen molar-refractivity contribution in [3.8, 4) is 11.8 Å². The van der Waals surface area contributed by atoms with Crippen LogP contribution in [-0.2, 0) is 0 Å². The van der Waals surface area contributed by atoms with Crippen LogP contribution in [0.15, 0.2) is 18.2 Å². The first kappa shape index (κ1) is 13.0. The van der Waals surface area contributed by atoms with E-state index in [-0.39, 0.29) is 17.7 Å². The first-order chi connectivity index (χ1) is 8.08. The number of nitriles is 1. The lowest BCUT2D eigenvalue weighted by Crippen LogP contribution is -2.34. The molecule has 0 aliphatic rings. The number of phenolic OH excluding ortho intramolecular Hbond substituents is 1. The Morgan fingerprint density at radius 1 is 1.59 bits per heavy atom. The van der Waals surface area contributed by atoms with E-state index in [0.717, 1.165) is 5.56 Å². The van der Waals surface area contributed by atoms with Crippen LogP contribution in [0.5, 0.6) is 5.75 Å². The predicted molar refractivity (Wildman–Crippen MR) is 64.6 cm³/mol. The van der Waals surface area contributed by atoms with Crippen molar-refractivity contribution in [2.45, 2.75) is 32.7 Å². The average molecular weight is 232 g/mol. The van der Waals surface area contributed by atoms with Crippen LogP contribution in [-0.4, -0.2) is 17.1 Å². The first-order valence-electron chi connectivity index (χ1n) is 5.56. The zero-order valence-corrected chi connectivity index (χ0v) is 10.0. The van der Waals surface area contributed by atoms with E-state index >= 15 is 0 Å². The molecule has 0 aliphatic heterocycles. The van der Waals surface area contributed by atoms with Gasteiger partial charge in [-0.2, -0.15) is 5.26 Å². The highest BCUT2D eigenvalue weighted by Crippen LogP contribution is 2.17. The fraction of sp³-hybridized carbons (Fsp3) is 0.385. The SMILES string of the molecule is CCC(CC#N)NC(=O)c1ccc(C)c(O)c1. The second-order valence-corrected chi connectivity index (χ2v) is 3.94. The van der Waals surface area contributed by atoms with Crippen molar-refractivity contribution >= 4 is 5.91 Å². The molecule has 0 saturated heterocycles. The van der Waals surface area contributed by atoms with Crippen LogP contribution in [0.1, 0.15) is 35.7 Å². The van der Waals surface area contributed by atoms with Crippen molar-refractivity contribution < 1.29 is 9.90 Å². The van der Waals surface area contributed by atoms with E-state index in [2.05, 4.69) is 5.32 Å². The summed E-state index contributed by atoms with van der Waals surface area (Å²) >= 11 is 0. The zero-order chi connectivity index (χ0) is 12.8. The number of benzene rings is 1. The first-order valence-corrected chi connectivity index (χ1v) is 5.56. The van der Waals surface area contributed by atoms with Crippen molar-refractivity contribution in [1.82, 2.24) is 5.32 Å². The lowest BCUT2D eigenvalue weighted by molar-refractivity contribution is 0.0936. The summed E-state index contributed by atoms with van der Waals surface area (Å²) in [5.41, 5.74) is 1.13. The fourth-order valence-electron chi connectivity index (χ4n) is 1.43. The van der Waals surface area contributed by atoms with Crippen LogP contribution in [0.4, 0.5) is 0 Å². The van der Waals surface area contributed by atoms with Gasteiger partial charge >= 0.3 is 0 Å².